The second-order valence-corrected chi connectivity index (χ2v) is 4.82. The average Bonchev–Trinajstić information content (AvgIpc) is 2.86. The topological polar surface area (TPSA) is 81.1 Å². The van der Waals surface area contributed by atoms with E-state index in [-0.39, 0.29) is 5.69 Å². The Morgan fingerprint density at radius 2 is 1.86 bits per heavy atom. The van der Waals surface area contributed by atoms with Gasteiger partial charge in [-0.25, -0.2) is 4.79 Å². The van der Waals surface area contributed by atoms with Crippen molar-refractivity contribution in [2.75, 3.05) is 5.73 Å². The van der Waals surface area contributed by atoms with Gasteiger partial charge in [-0.05, 0) is 42.3 Å². The Morgan fingerprint density at radius 1 is 1.19 bits per heavy atom. The van der Waals surface area contributed by atoms with Gasteiger partial charge < -0.3 is 10.8 Å². The van der Waals surface area contributed by atoms with Crippen molar-refractivity contribution in [3.8, 4) is 11.1 Å². The normalized spacial score (nSPS) is 10.9. The molecule has 0 spiro atoms. The Hall–Kier alpha value is -2.82. The number of hydrogen-bond donors (Lipinski definition) is 2. The zero-order valence-electron chi connectivity index (χ0n) is 11.6. The number of benzene rings is 2. The number of nitrogen functional groups attached to an aromatic ring is 1. The quantitative estimate of drug-likeness (QED) is 0.723. The molecule has 0 amide bonds. The minimum absolute atomic E-state index is 0.0932. The number of carboxylic acid groups (broad SMARTS) is 1. The summed E-state index contributed by atoms with van der Waals surface area (Å²) in [6, 6.07) is 13.3. The van der Waals surface area contributed by atoms with Gasteiger partial charge in [-0.1, -0.05) is 18.2 Å². The third-order valence-corrected chi connectivity index (χ3v) is 3.50. The minimum atomic E-state index is -1.01. The van der Waals surface area contributed by atoms with E-state index in [1.54, 1.807) is 4.68 Å². The summed E-state index contributed by atoms with van der Waals surface area (Å²) >= 11 is 0. The van der Waals surface area contributed by atoms with E-state index in [0.29, 0.717) is 17.6 Å². The molecule has 21 heavy (non-hydrogen) atoms. The number of nitrogens with zero attached hydrogens (tertiary/aromatic N) is 2. The molecule has 3 rings (SSSR count). The van der Waals surface area contributed by atoms with E-state index in [4.69, 9.17) is 5.73 Å². The number of nitrogens with two attached hydrogens (primary N) is 1. The number of fused-ring (bicyclic) bond motifs is 1. The number of aromatic nitrogens is 2. The summed E-state index contributed by atoms with van der Waals surface area (Å²) in [4.78, 5) is 11.2. The lowest BCUT2D eigenvalue weighted by molar-refractivity contribution is 0.0691. The zero-order chi connectivity index (χ0) is 15.0. The summed E-state index contributed by atoms with van der Waals surface area (Å²) < 4.78 is 1.71. The predicted molar refractivity (Wildman–Crippen MR) is 82.2 cm³/mol. The van der Waals surface area contributed by atoms with Crippen molar-refractivity contribution in [2.24, 2.45) is 0 Å². The second-order valence-electron chi connectivity index (χ2n) is 4.82. The van der Waals surface area contributed by atoms with Crippen molar-refractivity contribution >= 4 is 22.6 Å². The first-order valence-corrected chi connectivity index (χ1v) is 6.70. The van der Waals surface area contributed by atoms with Crippen molar-refractivity contribution in [1.82, 2.24) is 9.78 Å². The van der Waals surface area contributed by atoms with Crippen molar-refractivity contribution in [2.45, 2.75) is 13.5 Å². The molecule has 5 nitrogen and oxygen atoms in total. The Labute approximate surface area is 121 Å². The molecule has 0 unspecified atom stereocenters. The highest BCUT2D eigenvalue weighted by atomic mass is 16.4. The fraction of sp³-hybridized carbons (Fsp3) is 0.125. The van der Waals surface area contributed by atoms with Crippen LogP contribution >= 0.6 is 0 Å². The molecule has 0 saturated heterocycles. The monoisotopic (exact) mass is 281 g/mol. The standard InChI is InChI=1S/C16H15N3O2/c1-2-19-14-9-11(10-3-6-12(17)7-4-10)5-8-13(14)15(18-19)16(20)21/h3-9H,2,17H2,1H3,(H,20,21). The van der Waals surface area contributed by atoms with Crippen LogP contribution in [-0.2, 0) is 6.54 Å². The summed E-state index contributed by atoms with van der Waals surface area (Å²) in [5.41, 5.74) is 9.37. The van der Waals surface area contributed by atoms with E-state index in [1.165, 1.54) is 0 Å². The molecule has 0 aliphatic heterocycles. The van der Waals surface area contributed by atoms with Gasteiger partial charge in [0.2, 0.25) is 0 Å². The molecule has 0 aliphatic rings. The van der Waals surface area contributed by atoms with Crippen LogP contribution in [-0.4, -0.2) is 20.9 Å². The number of hydrogen-bond acceptors (Lipinski definition) is 3. The average molecular weight is 281 g/mol. The van der Waals surface area contributed by atoms with Gasteiger partial charge in [0.1, 0.15) is 0 Å². The second kappa shape index (κ2) is 4.94. The lowest BCUT2D eigenvalue weighted by Crippen LogP contribution is -2.01. The number of carboxylic acids is 1. The van der Waals surface area contributed by atoms with Crippen LogP contribution in [0.4, 0.5) is 5.69 Å². The molecular weight excluding hydrogens is 266 g/mol. The van der Waals surface area contributed by atoms with Crippen LogP contribution in [0.2, 0.25) is 0 Å². The lowest BCUT2D eigenvalue weighted by Gasteiger charge is -2.04. The van der Waals surface area contributed by atoms with E-state index in [9.17, 15) is 9.90 Å². The Balaban J connectivity index is 2.19. The molecule has 3 aromatic rings. The maximum atomic E-state index is 11.2. The molecule has 0 atom stereocenters. The van der Waals surface area contributed by atoms with Crippen molar-refractivity contribution in [3.05, 3.63) is 48.2 Å². The summed E-state index contributed by atoms with van der Waals surface area (Å²) in [5, 5.41) is 14.0. The lowest BCUT2D eigenvalue weighted by atomic mass is 10.0. The first kappa shape index (κ1) is 13.2. The molecule has 1 heterocycles. The molecule has 1 aromatic heterocycles. The molecule has 0 aliphatic carbocycles. The van der Waals surface area contributed by atoms with Crippen LogP contribution in [0.1, 0.15) is 17.4 Å². The number of aromatic carboxylic acids is 1. The smallest absolute Gasteiger partial charge is 0.357 e. The molecule has 0 bridgehead atoms. The predicted octanol–water partition coefficient (Wildman–Crippen LogP) is 3.00. The summed E-state index contributed by atoms with van der Waals surface area (Å²) in [6.07, 6.45) is 0. The van der Waals surface area contributed by atoms with Gasteiger partial charge in [-0.3, -0.25) is 4.68 Å². The number of anilines is 1. The first-order chi connectivity index (χ1) is 10.1. The zero-order valence-corrected chi connectivity index (χ0v) is 11.6. The summed E-state index contributed by atoms with van der Waals surface area (Å²) in [6.45, 7) is 2.56. The Bertz CT molecular complexity index is 819. The van der Waals surface area contributed by atoms with E-state index >= 15 is 0 Å². The third kappa shape index (κ3) is 2.23. The highest BCUT2D eigenvalue weighted by Gasteiger charge is 2.16. The van der Waals surface area contributed by atoms with Crippen molar-refractivity contribution in [3.63, 3.8) is 0 Å². The number of carbonyl (C=O) groups is 1. The van der Waals surface area contributed by atoms with Gasteiger partial charge in [-0.15, -0.1) is 0 Å². The van der Waals surface area contributed by atoms with Gasteiger partial charge in [0.05, 0.1) is 5.52 Å². The Kier molecular flexibility index (Phi) is 3.10. The SMILES string of the molecule is CCn1nc(C(=O)O)c2ccc(-c3ccc(N)cc3)cc21. The maximum absolute atomic E-state index is 11.2. The highest BCUT2D eigenvalue weighted by Crippen LogP contribution is 2.27. The van der Waals surface area contributed by atoms with Gasteiger partial charge >= 0.3 is 5.97 Å². The van der Waals surface area contributed by atoms with E-state index in [1.807, 2.05) is 49.4 Å². The molecule has 106 valence electrons. The van der Waals surface area contributed by atoms with Gasteiger partial charge in [0, 0.05) is 17.6 Å². The van der Waals surface area contributed by atoms with Gasteiger partial charge in [-0.2, -0.15) is 5.10 Å². The molecule has 5 heteroatoms. The highest BCUT2D eigenvalue weighted by molar-refractivity contribution is 6.02. The van der Waals surface area contributed by atoms with Crippen LogP contribution in [0.5, 0.6) is 0 Å². The minimum Gasteiger partial charge on any atom is -0.476 e. The number of rotatable bonds is 3. The fourth-order valence-electron chi connectivity index (χ4n) is 2.43. The van der Waals surface area contributed by atoms with E-state index in [2.05, 4.69) is 5.10 Å². The van der Waals surface area contributed by atoms with E-state index < -0.39 is 5.97 Å². The Morgan fingerprint density at radius 3 is 2.48 bits per heavy atom. The van der Waals surface area contributed by atoms with Crippen LogP contribution in [0.25, 0.3) is 22.0 Å². The summed E-state index contributed by atoms with van der Waals surface area (Å²) in [7, 11) is 0. The molecule has 0 radical (unpaired) electrons. The first-order valence-electron chi connectivity index (χ1n) is 6.70. The molecule has 0 saturated carbocycles. The molecule has 2 aromatic carbocycles. The summed E-state index contributed by atoms with van der Waals surface area (Å²) in [5.74, 6) is -1.01. The molecular formula is C16H15N3O2. The third-order valence-electron chi connectivity index (χ3n) is 3.50. The van der Waals surface area contributed by atoms with Crippen LogP contribution < -0.4 is 5.73 Å². The van der Waals surface area contributed by atoms with Crippen molar-refractivity contribution < 1.29 is 9.90 Å². The van der Waals surface area contributed by atoms with Crippen LogP contribution in [0, 0.1) is 0 Å². The molecule has 0 fully saturated rings. The van der Waals surface area contributed by atoms with Crippen LogP contribution in [0.15, 0.2) is 42.5 Å². The van der Waals surface area contributed by atoms with Crippen molar-refractivity contribution in [1.29, 1.82) is 0 Å². The largest absolute Gasteiger partial charge is 0.476 e. The fourth-order valence-corrected chi connectivity index (χ4v) is 2.43. The van der Waals surface area contributed by atoms with Gasteiger partial charge in [0.15, 0.2) is 5.69 Å². The van der Waals surface area contributed by atoms with E-state index in [0.717, 1.165) is 16.6 Å². The molecule has 3 N–H and O–H groups in total. The number of aryl methyl sites for hydroxylation is 1. The van der Waals surface area contributed by atoms with Crippen LogP contribution in [0.3, 0.4) is 0 Å². The van der Waals surface area contributed by atoms with Gasteiger partial charge in [0.25, 0.3) is 0 Å². The maximum Gasteiger partial charge on any atom is 0.357 e.